The van der Waals surface area contributed by atoms with Gasteiger partial charge in [-0.25, -0.2) is 4.98 Å². The molecule has 4 nitrogen and oxygen atoms in total. The molecule has 0 saturated heterocycles. The molecule has 0 radical (unpaired) electrons. The number of carbonyl (C=O) groups excluding carboxylic acids is 1. The van der Waals surface area contributed by atoms with Crippen LogP contribution < -0.4 is 5.32 Å². The van der Waals surface area contributed by atoms with E-state index in [9.17, 15) is 4.79 Å². The number of aryl methyl sites for hydroxylation is 1. The standard InChI is InChI=1S/C23H16Cl2N2O2/c1-14-21(15-5-3-2-4-6-15)27-23(29-14)16-7-10-18(11-8-16)26-22(28)19-12-9-17(24)13-20(19)25/h2-13H,1H3,(H,26,28). The van der Waals surface area contributed by atoms with Gasteiger partial charge < -0.3 is 9.73 Å². The Morgan fingerprint density at radius 2 is 1.66 bits per heavy atom. The second kappa shape index (κ2) is 8.11. The number of nitrogens with zero attached hydrogens (tertiary/aromatic N) is 1. The van der Waals surface area contributed by atoms with Gasteiger partial charge in [-0.15, -0.1) is 0 Å². The maximum absolute atomic E-state index is 12.4. The number of carbonyl (C=O) groups is 1. The highest BCUT2D eigenvalue weighted by Crippen LogP contribution is 2.29. The first kappa shape index (κ1) is 19.2. The van der Waals surface area contributed by atoms with Crippen LogP contribution in [0.25, 0.3) is 22.7 Å². The van der Waals surface area contributed by atoms with Crippen LogP contribution in [0.3, 0.4) is 0 Å². The van der Waals surface area contributed by atoms with E-state index < -0.39 is 0 Å². The quantitative estimate of drug-likeness (QED) is 0.389. The van der Waals surface area contributed by atoms with Crippen LogP contribution in [0.5, 0.6) is 0 Å². The van der Waals surface area contributed by atoms with Crippen molar-refractivity contribution in [1.82, 2.24) is 4.98 Å². The zero-order valence-electron chi connectivity index (χ0n) is 15.4. The fourth-order valence-corrected chi connectivity index (χ4v) is 3.45. The number of oxazole rings is 1. The van der Waals surface area contributed by atoms with Gasteiger partial charge in [-0.1, -0.05) is 53.5 Å². The van der Waals surface area contributed by atoms with Gasteiger partial charge in [-0.05, 0) is 49.4 Å². The van der Waals surface area contributed by atoms with E-state index >= 15 is 0 Å². The van der Waals surface area contributed by atoms with Crippen molar-refractivity contribution in [3.8, 4) is 22.7 Å². The molecule has 1 aromatic heterocycles. The largest absolute Gasteiger partial charge is 0.441 e. The first-order chi connectivity index (χ1) is 14.0. The van der Waals surface area contributed by atoms with Gasteiger partial charge in [-0.3, -0.25) is 4.79 Å². The van der Waals surface area contributed by atoms with Crippen LogP contribution in [-0.2, 0) is 0 Å². The molecule has 0 bridgehead atoms. The molecular formula is C23H16Cl2N2O2. The highest BCUT2D eigenvalue weighted by atomic mass is 35.5. The molecule has 4 rings (SSSR count). The fraction of sp³-hybridized carbons (Fsp3) is 0.0435. The number of rotatable bonds is 4. The van der Waals surface area contributed by atoms with Gasteiger partial charge >= 0.3 is 0 Å². The van der Waals surface area contributed by atoms with Crippen LogP contribution in [0.15, 0.2) is 77.2 Å². The van der Waals surface area contributed by atoms with E-state index in [1.807, 2.05) is 49.4 Å². The van der Waals surface area contributed by atoms with Crippen molar-refractivity contribution in [1.29, 1.82) is 0 Å². The molecule has 0 aliphatic rings. The number of hydrogen-bond donors (Lipinski definition) is 1. The van der Waals surface area contributed by atoms with Gasteiger partial charge in [0, 0.05) is 21.8 Å². The minimum Gasteiger partial charge on any atom is -0.441 e. The second-order valence-corrected chi connectivity index (χ2v) is 7.29. The third-order valence-electron chi connectivity index (χ3n) is 4.41. The molecule has 3 aromatic carbocycles. The molecule has 144 valence electrons. The van der Waals surface area contributed by atoms with Crippen LogP contribution in [0.2, 0.25) is 10.0 Å². The van der Waals surface area contributed by atoms with Gasteiger partial charge in [0.1, 0.15) is 11.5 Å². The highest BCUT2D eigenvalue weighted by Gasteiger charge is 2.14. The lowest BCUT2D eigenvalue weighted by Crippen LogP contribution is -2.12. The molecule has 1 heterocycles. The molecule has 0 unspecified atom stereocenters. The van der Waals surface area contributed by atoms with Crippen molar-refractivity contribution in [2.24, 2.45) is 0 Å². The Morgan fingerprint density at radius 1 is 0.931 bits per heavy atom. The van der Waals surface area contributed by atoms with Crippen LogP contribution in [0, 0.1) is 6.92 Å². The summed E-state index contributed by atoms with van der Waals surface area (Å²) in [6.45, 7) is 1.89. The molecule has 0 saturated carbocycles. The van der Waals surface area contributed by atoms with Crippen molar-refractivity contribution < 1.29 is 9.21 Å². The average molecular weight is 423 g/mol. The maximum atomic E-state index is 12.4. The summed E-state index contributed by atoms with van der Waals surface area (Å²) in [5.74, 6) is 0.971. The molecule has 0 atom stereocenters. The molecule has 4 aromatic rings. The lowest BCUT2D eigenvalue weighted by Gasteiger charge is -2.07. The third-order valence-corrected chi connectivity index (χ3v) is 4.96. The predicted octanol–water partition coefficient (Wildman–Crippen LogP) is 6.88. The number of amides is 1. The highest BCUT2D eigenvalue weighted by molar-refractivity contribution is 6.37. The number of nitrogens with one attached hydrogen (secondary N) is 1. The van der Waals surface area contributed by atoms with E-state index in [4.69, 9.17) is 27.6 Å². The van der Waals surface area contributed by atoms with E-state index in [1.54, 1.807) is 24.3 Å². The molecule has 1 N–H and O–H groups in total. The maximum Gasteiger partial charge on any atom is 0.257 e. The number of hydrogen-bond acceptors (Lipinski definition) is 3. The third kappa shape index (κ3) is 4.19. The van der Waals surface area contributed by atoms with Crippen LogP contribution in [0.1, 0.15) is 16.1 Å². The summed E-state index contributed by atoms with van der Waals surface area (Å²) in [5.41, 5.74) is 3.63. The Balaban J connectivity index is 1.53. The van der Waals surface area contributed by atoms with Crippen molar-refractivity contribution in [2.45, 2.75) is 6.92 Å². The topological polar surface area (TPSA) is 55.1 Å². The zero-order chi connectivity index (χ0) is 20.4. The smallest absolute Gasteiger partial charge is 0.257 e. The first-order valence-corrected chi connectivity index (χ1v) is 9.66. The minimum absolute atomic E-state index is 0.301. The molecule has 0 aliphatic carbocycles. The average Bonchev–Trinajstić information content (AvgIpc) is 3.11. The Labute approximate surface area is 178 Å². The number of halogens is 2. The predicted molar refractivity (Wildman–Crippen MR) is 117 cm³/mol. The van der Waals surface area contributed by atoms with Crippen LogP contribution in [-0.4, -0.2) is 10.9 Å². The fourth-order valence-electron chi connectivity index (χ4n) is 2.95. The van der Waals surface area contributed by atoms with Gasteiger partial charge in [0.15, 0.2) is 0 Å². The zero-order valence-corrected chi connectivity index (χ0v) is 17.0. The minimum atomic E-state index is -0.308. The molecule has 29 heavy (non-hydrogen) atoms. The summed E-state index contributed by atoms with van der Waals surface area (Å²) in [6.07, 6.45) is 0. The normalized spacial score (nSPS) is 10.7. The van der Waals surface area contributed by atoms with Crippen molar-refractivity contribution in [3.05, 3.63) is 94.2 Å². The van der Waals surface area contributed by atoms with Gasteiger partial charge in [0.25, 0.3) is 5.91 Å². The Bertz CT molecular complexity index is 1170. The summed E-state index contributed by atoms with van der Waals surface area (Å²) in [4.78, 5) is 17.1. The molecule has 0 fully saturated rings. The Morgan fingerprint density at radius 3 is 2.34 bits per heavy atom. The van der Waals surface area contributed by atoms with Gasteiger partial charge in [0.05, 0.1) is 10.6 Å². The molecule has 6 heteroatoms. The van der Waals surface area contributed by atoms with E-state index in [2.05, 4.69) is 10.3 Å². The van der Waals surface area contributed by atoms with Crippen LogP contribution in [0.4, 0.5) is 5.69 Å². The van der Waals surface area contributed by atoms with E-state index in [1.165, 1.54) is 6.07 Å². The second-order valence-electron chi connectivity index (χ2n) is 6.45. The molecule has 1 amide bonds. The summed E-state index contributed by atoms with van der Waals surface area (Å²) in [6, 6.07) is 21.9. The number of benzene rings is 3. The molecule has 0 aliphatic heterocycles. The lowest BCUT2D eigenvalue weighted by molar-refractivity contribution is 0.102. The lowest BCUT2D eigenvalue weighted by atomic mass is 10.1. The Hall–Kier alpha value is -3.08. The number of anilines is 1. The number of aromatic nitrogens is 1. The summed E-state index contributed by atoms with van der Waals surface area (Å²) < 4.78 is 5.84. The van der Waals surface area contributed by atoms with Crippen molar-refractivity contribution >= 4 is 34.8 Å². The molecule has 0 spiro atoms. The first-order valence-electron chi connectivity index (χ1n) is 8.91. The Kier molecular flexibility index (Phi) is 5.38. The summed E-state index contributed by atoms with van der Waals surface area (Å²) in [7, 11) is 0. The van der Waals surface area contributed by atoms with Gasteiger partial charge in [-0.2, -0.15) is 0 Å². The van der Waals surface area contributed by atoms with Crippen LogP contribution >= 0.6 is 23.2 Å². The SMILES string of the molecule is Cc1oc(-c2ccc(NC(=O)c3ccc(Cl)cc3Cl)cc2)nc1-c1ccccc1. The summed E-state index contributed by atoms with van der Waals surface area (Å²) in [5, 5.41) is 3.60. The van der Waals surface area contributed by atoms with Crippen molar-refractivity contribution in [2.75, 3.05) is 5.32 Å². The van der Waals surface area contributed by atoms with Gasteiger partial charge in [0.2, 0.25) is 5.89 Å². The van der Waals surface area contributed by atoms with E-state index in [-0.39, 0.29) is 5.91 Å². The molecular weight excluding hydrogens is 407 g/mol. The van der Waals surface area contributed by atoms with Crippen molar-refractivity contribution in [3.63, 3.8) is 0 Å². The summed E-state index contributed by atoms with van der Waals surface area (Å²) >= 11 is 12.0. The van der Waals surface area contributed by atoms with E-state index in [0.717, 1.165) is 22.6 Å². The van der Waals surface area contributed by atoms with E-state index in [0.29, 0.717) is 27.2 Å². The monoisotopic (exact) mass is 422 g/mol.